The van der Waals surface area contributed by atoms with Gasteiger partial charge in [-0.05, 0) is 63.1 Å². The van der Waals surface area contributed by atoms with Gasteiger partial charge >= 0.3 is 0 Å². The van der Waals surface area contributed by atoms with Gasteiger partial charge in [-0.15, -0.1) is 4.59 Å². The molecule has 5 rings (SSSR count). The highest BCUT2D eigenvalue weighted by Crippen LogP contribution is 2.34. The molecule has 0 radical (unpaired) electrons. The smallest absolute Gasteiger partial charge is 0.266 e. The first kappa shape index (κ1) is 25.5. The van der Waals surface area contributed by atoms with Crippen LogP contribution in [0.25, 0.3) is 0 Å². The molecule has 10 nitrogen and oxygen atoms in total. The Kier molecular flexibility index (Phi) is 7.17. The van der Waals surface area contributed by atoms with Gasteiger partial charge in [0, 0.05) is 37.9 Å². The molecule has 0 spiro atoms. The molecule has 3 aliphatic heterocycles. The van der Waals surface area contributed by atoms with E-state index in [1.165, 1.54) is 0 Å². The maximum atomic E-state index is 13.1. The van der Waals surface area contributed by atoms with E-state index >= 15 is 0 Å². The van der Waals surface area contributed by atoms with Crippen molar-refractivity contribution in [3.8, 4) is 0 Å². The molecular formula is C28H33N8O2+. The molecule has 2 amide bonds. The summed E-state index contributed by atoms with van der Waals surface area (Å²) in [5.74, 6) is 8.63. The van der Waals surface area contributed by atoms with Gasteiger partial charge in [-0.25, -0.2) is 4.98 Å². The molecular weight excluding hydrogens is 480 g/mol. The lowest BCUT2D eigenvalue weighted by atomic mass is 9.96. The molecule has 2 atom stereocenters. The van der Waals surface area contributed by atoms with E-state index in [1.54, 1.807) is 49.1 Å². The van der Waals surface area contributed by atoms with Gasteiger partial charge in [-0.3, -0.25) is 14.6 Å². The van der Waals surface area contributed by atoms with Crippen LogP contribution in [0.3, 0.4) is 0 Å². The molecule has 3 N–H and O–H groups in total. The number of carbonyl (C=O) groups is 2. The molecule has 10 heteroatoms. The Labute approximate surface area is 222 Å². The molecule has 1 saturated heterocycles. The van der Waals surface area contributed by atoms with Crippen molar-refractivity contribution in [2.45, 2.75) is 26.7 Å². The van der Waals surface area contributed by atoms with Crippen molar-refractivity contribution in [3.05, 3.63) is 83.7 Å². The third-order valence-corrected chi connectivity index (χ3v) is 7.23. The summed E-state index contributed by atoms with van der Waals surface area (Å²) in [6.07, 6.45) is 8.60. The van der Waals surface area contributed by atoms with E-state index in [1.807, 2.05) is 36.9 Å². The van der Waals surface area contributed by atoms with E-state index in [0.29, 0.717) is 36.9 Å². The number of amides is 2. The molecule has 0 bridgehead atoms. The van der Waals surface area contributed by atoms with Crippen LogP contribution in [0.5, 0.6) is 0 Å². The van der Waals surface area contributed by atoms with Gasteiger partial charge < -0.3 is 15.1 Å². The van der Waals surface area contributed by atoms with Crippen LogP contribution in [0.2, 0.25) is 0 Å². The quantitative estimate of drug-likeness (QED) is 0.436. The largest absolute Gasteiger partial charge is 0.351 e. The predicted octanol–water partition coefficient (Wildman–Crippen LogP) is 3.09. The third kappa shape index (κ3) is 4.75. The molecule has 3 aliphatic rings. The minimum absolute atomic E-state index is 0.0800. The zero-order chi connectivity index (χ0) is 26.7. The van der Waals surface area contributed by atoms with E-state index in [0.717, 1.165) is 36.5 Å². The summed E-state index contributed by atoms with van der Waals surface area (Å²) >= 11 is 0. The lowest BCUT2D eigenvalue weighted by Crippen LogP contribution is -2.53. The first-order valence-electron chi connectivity index (χ1n) is 13.0. The number of hydrogen-bond donors (Lipinski definition) is 2. The molecule has 1 fully saturated rings. The van der Waals surface area contributed by atoms with Crippen molar-refractivity contribution in [1.29, 1.82) is 0 Å². The van der Waals surface area contributed by atoms with E-state index < -0.39 is 0 Å². The second-order valence-electron chi connectivity index (χ2n) is 9.54. The zero-order valence-electron chi connectivity index (χ0n) is 21.7. The number of allylic oxidation sites excluding steroid dienone is 1. The molecule has 0 aliphatic carbocycles. The number of anilines is 1. The van der Waals surface area contributed by atoms with E-state index in [2.05, 4.69) is 20.2 Å². The number of piperidine rings is 1. The fourth-order valence-electron chi connectivity index (χ4n) is 5.15. The van der Waals surface area contributed by atoms with E-state index in [9.17, 15) is 9.59 Å². The Morgan fingerprint density at radius 3 is 2.66 bits per heavy atom. The number of rotatable bonds is 7. The summed E-state index contributed by atoms with van der Waals surface area (Å²) in [5.41, 5.74) is 2.05. The van der Waals surface area contributed by atoms with Gasteiger partial charge in [0.15, 0.2) is 0 Å². The van der Waals surface area contributed by atoms with Crippen LogP contribution in [-0.4, -0.2) is 69.4 Å². The fourth-order valence-corrected chi connectivity index (χ4v) is 5.15. The van der Waals surface area contributed by atoms with Crippen LogP contribution in [0, 0.1) is 5.92 Å². The Balaban J connectivity index is 1.40. The van der Waals surface area contributed by atoms with Crippen LogP contribution in [0.1, 0.15) is 42.6 Å². The number of likely N-dealkylation sites (tertiary alicyclic amines) is 1. The number of nitrogens with one attached hydrogen (secondary N) is 1. The summed E-state index contributed by atoms with van der Waals surface area (Å²) in [4.78, 5) is 43.3. The number of aromatic nitrogens is 1. The zero-order valence-corrected chi connectivity index (χ0v) is 21.7. The number of hydrogen-bond acceptors (Lipinski definition) is 7. The topological polar surface area (TPSA) is 116 Å². The average molecular weight is 514 g/mol. The number of nitrogens with zero attached hydrogens (tertiary/aromatic N) is 6. The fraction of sp³-hybridized carbons (Fsp3) is 0.321. The lowest BCUT2D eigenvalue weighted by molar-refractivity contribution is -0.750. The second-order valence-corrected chi connectivity index (χ2v) is 9.54. The Hall–Kier alpha value is -4.15. The maximum Gasteiger partial charge on any atom is 0.266 e. The molecule has 2 aromatic rings. The first-order valence-corrected chi connectivity index (χ1v) is 13.0. The second kappa shape index (κ2) is 10.7. The summed E-state index contributed by atoms with van der Waals surface area (Å²) in [7, 11) is 0. The lowest BCUT2D eigenvalue weighted by Gasteiger charge is -2.35. The van der Waals surface area contributed by atoms with Crippen LogP contribution in [-0.2, 0) is 4.79 Å². The third-order valence-electron chi connectivity index (χ3n) is 7.23. The van der Waals surface area contributed by atoms with Crippen molar-refractivity contribution >= 4 is 29.7 Å². The molecule has 1 aromatic carbocycles. The average Bonchev–Trinajstić information content (AvgIpc) is 3.27. The minimum atomic E-state index is -0.248. The van der Waals surface area contributed by atoms with E-state index in [4.69, 9.17) is 10.8 Å². The van der Waals surface area contributed by atoms with Crippen LogP contribution in [0.15, 0.2) is 82.6 Å². The van der Waals surface area contributed by atoms with Gasteiger partial charge in [0.2, 0.25) is 17.4 Å². The SMILES string of the molecule is CCN(CC)C(=O)C1CCCN(C2=C3C=NC=C[N+]3(N)C(c3ccc(C(=O)Nc4ccccn4)cc3)=N2)C1. The molecule has 196 valence electrons. The highest BCUT2D eigenvalue weighted by Gasteiger charge is 2.46. The monoisotopic (exact) mass is 513 g/mol. The van der Waals surface area contributed by atoms with Crippen LogP contribution >= 0.6 is 0 Å². The van der Waals surface area contributed by atoms with Crippen molar-refractivity contribution < 1.29 is 14.2 Å². The predicted molar refractivity (Wildman–Crippen MR) is 146 cm³/mol. The van der Waals surface area contributed by atoms with Crippen molar-refractivity contribution in [2.24, 2.45) is 21.7 Å². The molecule has 38 heavy (non-hydrogen) atoms. The summed E-state index contributed by atoms with van der Waals surface area (Å²) in [6.45, 7) is 6.82. The Morgan fingerprint density at radius 2 is 1.95 bits per heavy atom. The maximum absolute atomic E-state index is 13.1. The van der Waals surface area contributed by atoms with Crippen molar-refractivity contribution in [3.63, 3.8) is 0 Å². The van der Waals surface area contributed by atoms with Crippen molar-refractivity contribution in [2.75, 3.05) is 31.5 Å². The number of pyridine rings is 1. The molecule has 0 saturated carbocycles. The standard InChI is InChI=1S/C28H32N8O2/c1-3-34(4-2)28(38)22-8-7-16-35(19-22)25-23-18-30-15-17-36(23,29)26(33-25)20-10-12-21(13-11-20)27(37)32-24-9-5-6-14-31-24/h5-6,9-15,17-18,22H,3-4,7-8,16,19,29H2,1-2H3/p+1. The highest BCUT2D eigenvalue weighted by atomic mass is 16.2. The van der Waals surface area contributed by atoms with Crippen LogP contribution < -0.4 is 11.2 Å². The number of benzene rings is 1. The first-order chi connectivity index (χ1) is 18.4. The van der Waals surface area contributed by atoms with E-state index in [-0.39, 0.29) is 22.3 Å². The van der Waals surface area contributed by atoms with Gasteiger partial charge in [0.25, 0.3) is 11.7 Å². The molecule has 4 heterocycles. The molecule has 1 aromatic heterocycles. The Morgan fingerprint density at radius 1 is 1.16 bits per heavy atom. The number of quaternary nitrogens is 1. The summed E-state index contributed by atoms with van der Waals surface area (Å²) < 4.78 is -0.122. The van der Waals surface area contributed by atoms with Crippen molar-refractivity contribution in [1.82, 2.24) is 14.8 Å². The van der Waals surface area contributed by atoms with Crippen LogP contribution in [0.4, 0.5) is 5.82 Å². The normalized spacial score (nSPS) is 22.2. The number of amidine groups is 1. The number of nitrogens with two attached hydrogens (primary N) is 1. The van der Waals surface area contributed by atoms with Gasteiger partial charge in [-0.1, -0.05) is 6.07 Å². The summed E-state index contributed by atoms with van der Waals surface area (Å²) in [5, 5.41) is 2.80. The minimum Gasteiger partial charge on any atom is -0.351 e. The van der Waals surface area contributed by atoms with Gasteiger partial charge in [0.1, 0.15) is 12.0 Å². The number of carbonyl (C=O) groups excluding carboxylic acids is 2. The molecule has 2 unspecified atom stereocenters. The highest BCUT2D eigenvalue weighted by molar-refractivity contribution is 6.05. The summed E-state index contributed by atoms with van der Waals surface area (Å²) in [6, 6.07) is 12.5. The number of fused-ring (bicyclic) bond motifs is 1. The van der Waals surface area contributed by atoms with Gasteiger partial charge in [-0.2, -0.15) is 10.8 Å². The van der Waals surface area contributed by atoms with Gasteiger partial charge in [0.05, 0.1) is 23.9 Å². The Bertz CT molecular complexity index is 1330. The number of aliphatic imine (C=N–C) groups is 2.